The number of nitrogens with one attached hydrogen (secondary N) is 1. The summed E-state index contributed by atoms with van der Waals surface area (Å²) in [6, 6.07) is 8.34. The van der Waals surface area contributed by atoms with Crippen molar-refractivity contribution in [1.82, 2.24) is 5.32 Å². The lowest BCUT2D eigenvalue weighted by molar-refractivity contribution is -0.118. The van der Waals surface area contributed by atoms with Crippen LogP contribution in [0.3, 0.4) is 0 Å². The zero-order chi connectivity index (χ0) is 14.0. The molecule has 1 unspecified atom stereocenters. The summed E-state index contributed by atoms with van der Waals surface area (Å²) in [5, 5.41) is 3.34. The van der Waals surface area contributed by atoms with E-state index in [-0.39, 0.29) is 11.9 Å². The molecule has 1 aliphatic rings. The first-order valence-electron chi connectivity index (χ1n) is 6.84. The fourth-order valence-corrected chi connectivity index (χ4v) is 2.55. The minimum absolute atomic E-state index is 0.0461. The van der Waals surface area contributed by atoms with E-state index in [0.717, 1.165) is 24.3 Å². The Labute approximate surface area is 115 Å². The van der Waals surface area contributed by atoms with Gasteiger partial charge in [0.1, 0.15) is 0 Å². The van der Waals surface area contributed by atoms with Crippen LogP contribution >= 0.6 is 0 Å². The summed E-state index contributed by atoms with van der Waals surface area (Å²) in [4.78, 5) is 16.4. The molecule has 19 heavy (non-hydrogen) atoms. The summed E-state index contributed by atoms with van der Waals surface area (Å²) < 4.78 is 0. The lowest BCUT2D eigenvalue weighted by Crippen LogP contribution is -2.41. The molecule has 0 aromatic heterocycles. The maximum Gasteiger partial charge on any atom is 0.244 e. The highest BCUT2D eigenvalue weighted by Crippen LogP contribution is 2.31. The topological polar surface area (TPSA) is 35.6 Å². The molecule has 1 aliphatic heterocycles. The molecular formula is C15H23N3O. The number of hydrogen-bond donors (Lipinski definition) is 1. The van der Waals surface area contributed by atoms with Gasteiger partial charge >= 0.3 is 0 Å². The van der Waals surface area contributed by atoms with Gasteiger partial charge in [-0.25, -0.2) is 0 Å². The molecule has 1 aromatic carbocycles. The number of benzene rings is 1. The molecule has 1 aromatic rings. The molecule has 1 fully saturated rings. The molecule has 1 amide bonds. The molecule has 104 valence electrons. The number of carbonyl (C=O) groups excluding carboxylic acids is 1. The number of anilines is 2. The normalized spacial score (nSPS) is 19.3. The molecule has 4 heteroatoms. The van der Waals surface area contributed by atoms with Crippen molar-refractivity contribution in [1.29, 1.82) is 0 Å². The van der Waals surface area contributed by atoms with Crippen molar-refractivity contribution in [3.63, 3.8) is 0 Å². The van der Waals surface area contributed by atoms with Crippen LogP contribution in [0.5, 0.6) is 0 Å². The van der Waals surface area contributed by atoms with E-state index in [2.05, 4.69) is 19.2 Å². The minimum Gasteiger partial charge on any atom is -0.376 e. The Kier molecular flexibility index (Phi) is 4.10. The van der Waals surface area contributed by atoms with Crippen LogP contribution in [0.25, 0.3) is 0 Å². The molecular weight excluding hydrogens is 238 g/mol. The van der Waals surface area contributed by atoms with Gasteiger partial charge < -0.3 is 15.1 Å². The van der Waals surface area contributed by atoms with E-state index in [9.17, 15) is 4.79 Å². The predicted molar refractivity (Wildman–Crippen MR) is 79.8 cm³/mol. The van der Waals surface area contributed by atoms with E-state index >= 15 is 0 Å². The number of hydrogen-bond acceptors (Lipinski definition) is 3. The van der Waals surface area contributed by atoms with Gasteiger partial charge in [-0.3, -0.25) is 4.79 Å². The molecule has 2 rings (SSSR count). The molecule has 1 N–H and O–H groups in total. The van der Waals surface area contributed by atoms with Crippen LogP contribution in [-0.4, -0.2) is 38.6 Å². The highest BCUT2D eigenvalue weighted by molar-refractivity contribution is 6.02. The summed E-state index contributed by atoms with van der Waals surface area (Å²) in [6.07, 6.45) is 0.874. The van der Waals surface area contributed by atoms with Crippen LogP contribution in [-0.2, 0) is 4.79 Å². The van der Waals surface area contributed by atoms with E-state index in [4.69, 9.17) is 0 Å². The minimum atomic E-state index is -0.0461. The average molecular weight is 261 g/mol. The first-order valence-corrected chi connectivity index (χ1v) is 6.84. The van der Waals surface area contributed by atoms with Crippen LogP contribution in [0.15, 0.2) is 24.3 Å². The zero-order valence-electron chi connectivity index (χ0n) is 12.2. The summed E-state index contributed by atoms with van der Waals surface area (Å²) in [5.41, 5.74) is 2.09. The van der Waals surface area contributed by atoms with Gasteiger partial charge in [-0.15, -0.1) is 0 Å². The van der Waals surface area contributed by atoms with Gasteiger partial charge in [0.05, 0.1) is 17.4 Å². The predicted octanol–water partition coefficient (Wildman–Crippen LogP) is 1.86. The molecule has 1 saturated heterocycles. The Hall–Kier alpha value is -1.55. The number of carbonyl (C=O) groups is 1. The van der Waals surface area contributed by atoms with Crippen LogP contribution in [0.2, 0.25) is 0 Å². The highest BCUT2D eigenvalue weighted by Gasteiger charge is 2.33. The first-order chi connectivity index (χ1) is 9.00. The van der Waals surface area contributed by atoms with Crippen molar-refractivity contribution in [2.45, 2.75) is 32.4 Å². The maximum absolute atomic E-state index is 12.5. The van der Waals surface area contributed by atoms with Crippen molar-refractivity contribution in [2.75, 3.05) is 30.4 Å². The van der Waals surface area contributed by atoms with Crippen LogP contribution < -0.4 is 15.1 Å². The maximum atomic E-state index is 12.5. The number of para-hydroxylation sites is 2. The van der Waals surface area contributed by atoms with E-state index in [1.54, 1.807) is 0 Å². The van der Waals surface area contributed by atoms with Crippen molar-refractivity contribution in [2.24, 2.45) is 0 Å². The molecule has 0 bridgehead atoms. The molecule has 0 radical (unpaired) electrons. The van der Waals surface area contributed by atoms with Gasteiger partial charge in [-0.05, 0) is 18.6 Å². The van der Waals surface area contributed by atoms with Gasteiger partial charge in [0.2, 0.25) is 5.91 Å². The number of nitrogens with zero attached hydrogens (tertiary/aromatic N) is 2. The summed E-state index contributed by atoms with van der Waals surface area (Å²) in [7, 11) is 4.01. The number of amides is 1. The van der Waals surface area contributed by atoms with Crippen molar-refractivity contribution in [3.8, 4) is 0 Å². The van der Waals surface area contributed by atoms with Gasteiger partial charge in [0, 0.05) is 26.7 Å². The molecule has 0 saturated carbocycles. The fraction of sp³-hybridized carbons (Fsp3) is 0.533. The Balaban J connectivity index is 2.22. The van der Waals surface area contributed by atoms with Crippen molar-refractivity contribution in [3.05, 3.63) is 24.3 Å². The van der Waals surface area contributed by atoms with E-state index in [0.29, 0.717) is 6.04 Å². The third-order valence-corrected chi connectivity index (χ3v) is 3.39. The molecule has 1 heterocycles. The van der Waals surface area contributed by atoms with Crippen LogP contribution in [0.1, 0.15) is 20.3 Å². The third-order valence-electron chi connectivity index (χ3n) is 3.39. The van der Waals surface area contributed by atoms with Crippen molar-refractivity contribution >= 4 is 17.3 Å². The molecule has 4 nitrogen and oxygen atoms in total. The largest absolute Gasteiger partial charge is 0.376 e. The Morgan fingerprint density at radius 3 is 2.63 bits per heavy atom. The second kappa shape index (κ2) is 5.61. The number of rotatable bonds is 4. The fourth-order valence-electron chi connectivity index (χ4n) is 2.55. The lowest BCUT2D eigenvalue weighted by atomic mass is 10.2. The Morgan fingerprint density at radius 1 is 1.32 bits per heavy atom. The summed E-state index contributed by atoms with van der Waals surface area (Å²) in [5.74, 6) is 0.183. The monoisotopic (exact) mass is 261 g/mol. The van der Waals surface area contributed by atoms with E-state index in [1.165, 1.54) is 0 Å². The smallest absolute Gasteiger partial charge is 0.244 e. The average Bonchev–Trinajstić information content (AvgIpc) is 2.70. The first kappa shape index (κ1) is 13.9. The van der Waals surface area contributed by atoms with E-state index < -0.39 is 0 Å². The SMILES string of the molecule is CC(C)NC1CCN(c2ccccc2N(C)C)C1=O. The van der Waals surface area contributed by atoms with Crippen LogP contribution in [0.4, 0.5) is 11.4 Å². The Bertz CT molecular complexity index is 456. The standard InChI is InChI=1S/C15H23N3O/c1-11(2)16-12-9-10-18(15(12)19)14-8-6-5-7-13(14)17(3)4/h5-8,11-12,16H,9-10H2,1-4H3. The second-order valence-electron chi connectivity index (χ2n) is 5.54. The van der Waals surface area contributed by atoms with Gasteiger partial charge in [0.15, 0.2) is 0 Å². The Morgan fingerprint density at radius 2 is 2.00 bits per heavy atom. The molecule has 1 atom stereocenters. The lowest BCUT2D eigenvalue weighted by Gasteiger charge is -2.24. The van der Waals surface area contributed by atoms with Gasteiger partial charge in [-0.1, -0.05) is 26.0 Å². The zero-order valence-corrected chi connectivity index (χ0v) is 12.2. The van der Waals surface area contributed by atoms with Gasteiger partial charge in [-0.2, -0.15) is 0 Å². The van der Waals surface area contributed by atoms with E-state index in [1.807, 2.05) is 48.2 Å². The summed E-state index contributed by atoms with van der Waals surface area (Å²) in [6.45, 7) is 4.93. The molecule has 0 aliphatic carbocycles. The van der Waals surface area contributed by atoms with Crippen LogP contribution in [0, 0.1) is 0 Å². The van der Waals surface area contributed by atoms with Gasteiger partial charge in [0.25, 0.3) is 0 Å². The quantitative estimate of drug-likeness (QED) is 0.898. The van der Waals surface area contributed by atoms with Crippen molar-refractivity contribution < 1.29 is 4.79 Å². The summed E-state index contributed by atoms with van der Waals surface area (Å²) >= 11 is 0. The third kappa shape index (κ3) is 2.89. The second-order valence-corrected chi connectivity index (χ2v) is 5.54. The highest BCUT2D eigenvalue weighted by atomic mass is 16.2. The molecule has 0 spiro atoms.